The smallest absolute Gasteiger partial charge is 0.181 e. The third-order valence-corrected chi connectivity index (χ3v) is 8.15. The number of carbonyl (C=O) groups is 1. The second-order valence-corrected chi connectivity index (χ2v) is 16.7. The molecule has 3 aromatic rings. The zero-order valence-corrected chi connectivity index (χ0v) is 22.7. The Morgan fingerprint density at radius 1 is 1.17 bits per heavy atom. The molecule has 2 aromatic heterocycles. The van der Waals surface area contributed by atoms with Gasteiger partial charge in [0.25, 0.3) is 0 Å². The topological polar surface area (TPSA) is 69.6 Å². The van der Waals surface area contributed by atoms with Crippen molar-refractivity contribution in [2.75, 3.05) is 0 Å². The largest absolute Gasteiger partial charge is 0.485 e. The fourth-order valence-corrected chi connectivity index (χ4v) is 5.52. The maximum absolute atomic E-state index is 14.0. The van der Waals surface area contributed by atoms with E-state index in [0.29, 0.717) is 35.6 Å². The van der Waals surface area contributed by atoms with E-state index in [-0.39, 0.29) is 18.0 Å². The summed E-state index contributed by atoms with van der Waals surface area (Å²) in [6.45, 7) is 12.4. The highest BCUT2D eigenvalue weighted by Gasteiger charge is 2.25. The number of ether oxygens (including phenoxy) is 1. The Balaban J connectivity index is 1.78. The van der Waals surface area contributed by atoms with Crippen LogP contribution in [0.5, 0.6) is 5.75 Å². The minimum atomic E-state index is -1.12. The molecule has 1 unspecified atom stereocenters. The van der Waals surface area contributed by atoms with Crippen LogP contribution in [-0.2, 0) is 6.61 Å². The van der Waals surface area contributed by atoms with Crippen LogP contribution in [0.2, 0.25) is 25.7 Å². The lowest BCUT2D eigenvalue weighted by atomic mass is 9.90. The monoisotopic (exact) mass is 501 g/mol. The van der Waals surface area contributed by atoms with Gasteiger partial charge in [0.1, 0.15) is 23.9 Å². The number of hydrogen-bond donors (Lipinski definition) is 1. The molecular formula is C27H37F2N3O2Si. The molecule has 8 heteroatoms. The normalized spacial score (nSPS) is 13.7. The first-order valence-electron chi connectivity index (χ1n) is 12.1. The SMILES string of the molecule is Cc1cc(OCc2c(F)cccc2F)c2nc(C)c(C(=O)CCC(C)(N)CCC[Si](C)(C)C)n2c1. The van der Waals surface area contributed by atoms with Crippen LogP contribution >= 0.6 is 0 Å². The third-order valence-electron chi connectivity index (χ3n) is 6.29. The van der Waals surface area contributed by atoms with Gasteiger partial charge in [-0.2, -0.15) is 0 Å². The number of fused-ring (bicyclic) bond motifs is 1. The molecule has 0 amide bonds. The summed E-state index contributed by atoms with van der Waals surface area (Å²) >= 11 is 0. The molecule has 0 aliphatic heterocycles. The predicted octanol–water partition coefficient (Wildman–Crippen LogP) is 6.61. The number of benzene rings is 1. The standard InChI is InChI=1S/C27H37F2N3O2Si/c1-18-15-24(34-17-20-21(28)9-7-10-22(20)29)26-31-19(2)25(32(26)16-18)23(33)11-13-27(3,30)12-8-14-35(4,5)6/h7,9-10,15-16H,8,11-14,17,30H2,1-6H3. The Morgan fingerprint density at radius 3 is 2.46 bits per heavy atom. The van der Waals surface area contributed by atoms with Crippen LogP contribution in [0.4, 0.5) is 8.78 Å². The maximum atomic E-state index is 14.0. The van der Waals surface area contributed by atoms with Gasteiger partial charge in [0, 0.05) is 26.2 Å². The number of carbonyl (C=O) groups excluding carboxylic acids is 1. The van der Waals surface area contributed by atoms with Crippen molar-refractivity contribution in [3.05, 3.63) is 64.6 Å². The zero-order chi connectivity index (χ0) is 26.0. The molecule has 2 heterocycles. The molecule has 0 aliphatic rings. The van der Waals surface area contributed by atoms with Crippen LogP contribution in [0.1, 0.15) is 59.9 Å². The molecular weight excluding hydrogens is 464 g/mol. The molecule has 1 atom stereocenters. The fraction of sp³-hybridized carbons (Fsp3) is 0.481. The second-order valence-electron chi connectivity index (χ2n) is 11.1. The van der Waals surface area contributed by atoms with E-state index in [1.165, 1.54) is 24.2 Å². The van der Waals surface area contributed by atoms with E-state index >= 15 is 0 Å². The molecule has 3 rings (SSSR count). The van der Waals surface area contributed by atoms with E-state index in [4.69, 9.17) is 10.5 Å². The molecule has 0 saturated heterocycles. The highest BCUT2D eigenvalue weighted by atomic mass is 28.3. The Kier molecular flexibility index (Phi) is 8.16. The second kappa shape index (κ2) is 10.6. The van der Waals surface area contributed by atoms with Gasteiger partial charge in [-0.05, 0) is 57.4 Å². The first kappa shape index (κ1) is 27.0. The summed E-state index contributed by atoms with van der Waals surface area (Å²) in [7, 11) is -1.12. The average molecular weight is 502 g/mol. The lowest BCUT2D eigenvalue weighted by Gasteiger charge is -2.26. The number of halogens is 2. The summed E-state index contributed by atoms with van der Waals surface area (Å²) in [6.07, 6.45) is 4.70. The van der Waals surface area contributed by atoms with Crippen molar-refractivity contribution in [2.45, 2.75) is 84.3 Å². The van der Waals surface area contributed by atoms with E-state index in [0.717, 1.165) is 18.4 Å². The molecule has 0 aliphatic carbocycles. The van der Waals surface area contributed by atoms with E-state index < -0.39 is 25.2 Å². The molecule has 35 heavy (non-hydrogen) atoms. The van der Waals surface area contributed by atoms with Crippen molar-refractivity contribution in [2.24, 2.45) is 5.73 Å². The number of ketones is 1. The minimum absolute atomic E-state index is 0.0337. The van der Waals surface area contributed by atoms with Gasteiger partial charge in [-0.15, -0.1) is 0 Å². The van der Waals surface area contributed by atoms with Crippen LogP contribution in [0, 0.1) is 25.5 Å². The average Bonchev–Trinajstić information content (AvgIpc) is 3.06. The summed E-state index contributed by atoms with van der Waals surface area (Å²) in [5.74, 6) is -1.00. The molecule has 190 valence electrons. The Morgan fingerprint density at radius 2 is 1.83 bits per heavy atom. The number of nitrogens with zero attached hydrogens (tertiary/aromatic N) is 2. The molecule has 1 aromatic carbocycles. The third kappa shape index (κ3) is 6.98. The Bertz CT molecular complexity index is 1200. The van der Waals surface area contributed by atoms with Gasteiger partial charge in [-0.25, -0.2) is 13.8 Å². The molecule has 2 N–H and O–H groups in total. The van der Waals surface area contributed by atoms with E-state index in [2.05, 4.69) is 24.6 Å². The Hall–Kier alpha value is -2.58. The van der Waals surface area contributed by atoms with Crippen LogP contribution in [0.15, 0.2) is 30.5 Å². The van der Waals surface area contributed by atoms with Crippen LogP contribution < -0.4 is 10.5 Å². The van der Waals surface area contributed by atoms with E-state index in [9.17, 15) is 13.6 Å². The van der Waals surface area contributed by atoms with Crippen molar-refractivity contribution in [3.63, 3.8) is 0 Å². The summed E-state index contributed by atoms with van der Waals surface area (Å²) in [6, 6.07) is 6.68. The van der Waals surface area contributed by atoms with Crippen molar-refractivity contribution in [3.8, 4) is 5.75 Å². The lowest BCUT2D eigenvalue weighted by molar-refractivity contribution is 0.0964. The summed E-state index contributed by atoms with van der Waals surface area (Å²) < 4.78 is 35.6. The maximum Gasteiger partial charge on any atom is 0.181 e. The lowest BCUT2D eigenvalue weighted by Crippen LogP contribution is -2.37. The van der Waals surface area contributed by atoms with Gasteiger partial charge in [-0.3, -0.25) is 9.20 Å². The van der Waals surface area contributed by atoms with Crippen LogP contribution in [0.3, 0.4) is 0 Å². The van der Waals surface area contributed by atoms with E-state index in [1.807, 2.05) is 20.0 Å². The molecule has 5 nitrogen and oxygen atoms in total. The summed E-state index contributed by atoms with van der Waals surface area (Å²) in [5, 5.41) is 0. The van der Waals surface area contributed by atoms with Crippen molar-refractivity contribution >= 4 is 19.5 Å². The molecule has 0 saturated carbocycles. The zero-order valence-electron chi connectivity index (χ0n) is 21.7. The van der Waals surface area contributed by atoms with Crippen LogP contribution in [0.25, 0.3) is 5.65 Å². The summed E-state index contributed by atoms with van der Waals surface area (Å²) in [5.41, 5.74) is 8.32. The number of rotatable bonds is 11. The van der Waals surface area contributed by atoms with Crippen molar-refractivity contribution in [1.82, 2.24) is 9.38 Å². The van der Waals surface area contributed by atoms with Gasteiger partial charge in [0.05, 0.1) is 11.3 Å². The van der Waals surface area contributed by atoms with Gasteiger partial charge < -0.3 is 10.5 Å². The number of Topliss-reactive ketones (excluding diaryl/α,β-unsaturated/α-hetero) is 1. The first-order chi connectivity index (χ1) is 16.3. The molecule has 0 spiro atoms. The Labute approximate surface area is 207 Å². The van der Waals surface area contributed by atoms with Gasteiger partial charge in [0.15, 0.2) is 17.2 Å². The van der Waals surface area contributed by atoms with Gasteiger partial charge in [0.2, 0.25) is 0 Å². The fourth-order valence-electron chi connectivity index (χ4n) is 4.29. The van der Waals surface area contributed by atoms with Gasteiger partial charge in [-0.1, -0.05) is 38.2 Å². The highest BCUT2D eigenvalue weighted by molar-refractivity contribution is 6.76. The van der Waals surface area contributed by atoms with Gasteiger partial charge >= 0.3 is 0 Å². The van der Waals surface area contributed by atoms with Crippen molar-refractivity contribution in [1.29, 1.82) is 0 Å². The van der Waals surface area contributed by atoms with Crippen LogP contribution in [-0.4, -0.2) is 28.8 Å². The molecule has 0 radical (unpaired) electrons. The highest BCUT2D eigenvalue weighted by Crippen LogP contribution is 2.28. The number of aryl methyl sites for hydroxylation is 2. The summed E-state index contributed by atoms with van der Waals surface area (Å²) in [4.78, 5) is 17.8. The quantitative estimate of drug-likeness (QED) is 0.237. The molecule has 0 bridgehead atoms. The van der Waals surface area contributed by atoms with E-state index in [1.54, 1.807) is 17.4 Å². The number of nitrogens with two attached hydrogens (primary N) is 1. The number of aromatic nitrogens is 2. The molecule has 0 fully saturated rings. The predicted molar refractivity (Wildman–Crippen MR) is 139 cm³/mol. The first-order valence-corrected chi connectivity index (χ1v) is 15.9. The van der Waals surface area contributed by atoms with Crippen molar-refractivity contribution < 1.29 is 18.3 Å². The number of hydrogen-bond acceptors (Lipinski definition) is 4. The number of pyridine rings is 1. The number of imidazole rings is 1. The minimum Gasteiger partial charge on any atom is -0.485 e.